The molecule has 0 saturated carbocycles. The quantitative estimate of drug-likeness (QED) is 0.212. The Morgan fingerprint density at radius 1 is 1.22 bits per heavy atom. The molecule has 1 rings (SSSR count). The van der Waals surface area contributed by atoms with Crippen LogP contribution in [0.2, 0.25) is 0 Å². The van der Waals surface area contributed by atoms with Gasteiger partial charge in [0.1, 0.15) is 18.4 Å². The third-order valence-electron chi connectivity index (χ3n) is 5.41. The van der Waals surface area contributed by atoms with Crippen LogP contribution in [0.5, 0.6) is 0 Å². The molecule has 0 radical (unpaired) electrons. The fourth-order valence-electron chi connectivity index (χ4n) is 3.32. The number of rotatable bonds is 6. The topological polar surface area (TPSA) is 116 Å². The molecule has 0 fully saturated rings. The molecular formula is C28H44N6O3. The highest BCUT2D eigenvalue weighted by Gasteiger charge is 2.21. The van der Waals surface area contributed by atoms with E-state index in [2.05, 4.69) is 51.3 Å². The Balaban J connectivity index is 3.11. The molecule has 1 aliphatic heterocycles. The van der Waals surface area contributed by atoms with Gasteiger partial charge in [0.25, 0.3) is 0 Å². The van der Waals surface area contributed by atoms with Gasteiger partial charge in [0, 0.05) is 31.0 Å². The van der Waals surface area contributed by atoms with E-state index in [1.807, 2.05) is 32.9 Å². The lowest BCUT2D eigenvalue weighted by molar-refractivity contribution is -0.128. The van der Waals surface area contributed by atoms with Gasteiger partial charge in [-0.25, -0.2) is 0 Å². The molecule has 0 aliphatic carbocycles. The van der Waals surface area contributed by atoms with Crippen molar-refractivity contribution >= 4 is 17.6 Å². The lowest BCUT2D eigenvalue weighted by Gasteiger charge is -2.22. The van der Waals surface area contributed by atoms with Crippen molar-refractivity contribution in [3.8, 4) is 0 Å². The van der Waals surface area contributed by atoms with E-state index in [-0.39, 0.29) is 36.9 Å². The number of allylic oxidation sites excluding steroid dienone is 6. The summed E-state index contributed by atoms with van der Waals surface area (Å²) in [7, 11) is 0. The first-order chi connectivity index (χ1) is 17.7. The van der Waals surface area contributed by atoms with Crippen molar-refractivity contribution in [1.29, 1.82) is 0 Å². The van der Waals surface area contributed by atoms with E-state index in [1.54, 1.807) is 31.4 Å². The van der Waals surface area contributed by atoms with Gasteiger partial charge in [-0.2, -0.15) is 0 Å². The first-order valence-electron chi connectivity index (χ1n) is 12.6. The second-order valence-electron chi connectivity index (χ2n) is 8.98. The summed E-state index contributed by atoms with van der Waals surface area (Å²) in [6.07, 6.45) is 11.4. The van der Waals surface area contributed by atoms with E-state index < -0.39 is 6.04 Å². The summed E-state index contributed by atoms with van der Waals surface area (Å²) < 4.78 is 6.10. The zero-order valence-corrected chi connectivity index (χ0v) is 22.7. The van der Waals surface area contributed by atoms with E-state index in [9.17, 15) is 9.59 Å². The molecule has 0 saturated heterocycles. The molecule has 3 atom stereocenters. The molecule has 0 aromatic carbocycles. The third-order valence-corrected chi connectivity index (χ3v) is 5.41. The molecule has 1 aliphatic rings. The molecule has 0 aromatic rings. The highest BCUT2D eigenvalue weighted by molar-refractivity contribution is 5.89. The van der Waals surface area contributed by atoms with Crippen LogP contribution >= 0.6 is 0 Å². The van der Waals surface area contributed by atoms with Crippen LogP contribution in [0.25, 0.3) is 0 Å². The molecule has 0 aromatic heterocycles. The summed E-state index contributed by atoms with van der Waals surface area (Å²) in [5, 5.41) is 15.1. The average molecular weight is 513 g/mol. The van der Waals surface area contributed by atoms with Gasteiger partial charge in [-0.15, -0.1) is 0 Å². The normalized spacial score (nSPS) is 25.9. The Morgan fingerprint density at radius 3 is 2.65 bits per heavy atom. The smallest absolute Gasteiger partial charge is 0.244 e. The first-order valence-corrected chi connectivity index (χ1v) is 12.6. The number of ether oxygens (including phenoxy) is 1. The molecule has 0 spiro atoms. The zero-order chi connectivity index (χ0) is 27.6. The summed E-state index contributed by atoms with van der Waals surface area (Å²) in [4.78, 5) is 30.0. The van der Waals surface area contributed by atoms with E-state index in [4.69, 9.17) is 4.74 Å². The minimum atomic E-state index is -0.830. The molecule has 5 N–H and O–H groups in total. The zero-order valence-electron chi connectivity index (χ0n) is 22.7. The number of nitrogens with one attached hydrogen (secondary N) is 5. The monoisotopic (exact) mass is 512 g/mol. The Hall–Kier alpha value is -3.59. The Kier molecular flexibility index (Phi) is 15.1. The molecule has 2 amide bonds. The molecule has 9 nitrogen and oxygen atoms in total. The van der Waals surface area contributed by atoms with Crippen molar-refractivity contribution in [2.75, 3.05) is 32.8 Å². The van der Waals surface area contributed by atoms with E-state index in [1.165, 1.54) is 0 Å². The van der Waals surface area contributed by atoms with Crippen molar-refractivity contribution in [3.63, 3.8) is 0 Å². The minimum absolute atomic E-state index is 0.00846. The van der Waals surface area contributed by atoms with Crippen molar-refractivity contribution in [3.05, 3.63) is 73.3 Å². The van der Waals surface area contributed by atoms with E-state index >= 15 is 0 Å². The summed E-state index contributed by atoms with van der Waals surface area (Å²) in [6.45, 7) is 20.7. The highest BCUT2D eigenvalue weighted by Crippen LogP contribution is 2.19. The third kappa shape index (κ3) is 13.3. The van der Waals surface area contributed by atoms with Crippen LogP contribution in [0.15, 0.2) is 78.3 Å². The largest absolute Gasteiger partial charge is 0.492 e. The van der Waals surface area contributed by atoms with Gasteiger partial charge in [0.2, 0.25) is 11.8 Å². The fourth-order valence-corrected chi connectivity index (χ4v) is 3.32. The van der Waals surface area contributed by atoms with Gasteiger partial charge in [-0.3, -0.25) is 14.6 Å². The van der Waals surface area contributed by atoms with Crippen molar-refractivity contribution < 1.29 is 14.3 Å². The number of hydrogen-bond donors (Lipinski definition) is 5. The first kappa shape index (κ1) is 31.4. The van der Waals surface area contributed by atoms with E-state index in [0.717, 1.165) is 11.3 Å². The number of carbonyl (C=O) groups is 2. The van der Waals surface area contributed by atoms with Crippen LogP contribution in [-0.4, -0.2) is 62.5 Å². The number of hydrogen-bond acceptors (Lipinski definition) is 6. The van der Waals surface area contributed by atoms with Crippen molar-refractivity contribution in [2.45, 2.75) is 46.2 Å². The van der Waals surface area contributed by atoms with Gasteiger partial charge in [0.05, 0.1) is 18.9 Å². The lowest BCUT2D eigenvalue weighted by Crippen LogP contribution is -2.51. The maximum absolute atomic E-state index is 13.0. The van der Waals surface area contributed by atoms with Gasteiger partial charge in [-0.05, 0) is 50.8 Å². The number of nitrogens with zero attached hydrogens (tertiary/aromatic N) is 1. The molecule has 37 heavy (non-hydrogen) atoms. The highest BCUT2D eigenvalue weighted by atomic mass is 16.5. The van der Waals surface area contributed by atoms with Gasteiger partial charge < -0.3 is 31.3 Å². The summed E-state index contributed by atoms with van der Waals surface area (Å²) in [5.41, 5.74) is 1.61. The number of aliphatic imine (C=N–C) groups is 1. The van der Waals surface area contributed by atoms with Crippen LogP contribution in [0.3, 0.4) is 0 Å². The van der Waals surface area contributed by atoms with Crippen molar-refractivity contribution in [1.82, 2.24) is 26.6 Å². The van der Waals surface area contributed by atoms with Crippen LogP contribution in [0.1, 0.15) is 34.1 Å². The molecule has 2 unspecified atom stereocenters. The molecule has 0 bridgehead atoms. The van der Waals surface area contributed by atoms with Crippen LogP contribution in [0, 0.1) is 5.92 Å². The van der Waals surface area contributed by atoms with Gasteiger partial charge in [-0.1, -0.05) is 44.9 Å². The summed E-state index contributed by atoms with van der Waals surface area (Å²) in [6, 6.07) is -0.780. The number of amidine groups is 1. The second kappa shape index (κ2) is 17.8. The summed E-state index contributed by atoms with van der Waals surface area (Å²) in [5.74, 6) is 0.842. The van der Waals surface area contributed by atoms with Gasteiger partial charge >= 0.3 is 0 Å². The van der Waals surface area contributed by atoms with Gasteiger partial charge in [0.15, 0.2) is 0 Å². The number of amides is 2. The average Bonchev–Trinajstić information content (AvgIpc) is 2.87. The Labute approximate surface area is 222 Å². The second-order valence-corrected chi connectivity index (χ2v) is 8.98. The number of carbonyl (C=O) groups excluding carboxylic acids is 2. The molecule has 9 heteroatoms. The molecule has 204 valence electrons. The van der Waals surface area contributed by atoms with Crippen LogP contribution < -0.4 is 26.6 Å². The predicted molar refractivity (Wildman–Crippen MR) is 152 cm³/mol. The minimum Gasteiger partial charge on any atom is -0.492 e. The van der Waals surface area contributed by atoms with E-state index in [0.29, 0.717) is 37.6 Å². The Morgan fingerprint density at radius 2 is 1.97 bits per heavy atom. The Bertz CT molecular complexity index is 919. The lowest BCUT2D eigenvalue weighted by atomic mass is 9.99. The maximum atomic E-state index is 13.0. The molecule has 1 heterocycles. The SMILES string of the molecule is C=C/C=C\NC(C)=NCC1NC(=O)CNC(=C)CN[C@@H](C)COC(/C=C\C)=C(/C=C)CC(C)CNC1=O. The van der Waals surface area contributed by atoms with Crippen LogP contribution in [-0.2, 0) is 14.3 Å². The van der Waals surface area contributed by atoms with Crippen LogP contribution in [0.4, 0.5) is 0 Å². The maximum Gasteiger partial charge on any atom is 0.244 e. The fraction of sp³-hybridized carbons (Fsp3) is 0.464. The molecular weight excluding hydrogens is 468 g/mol. The predicted octanol–water partition coefficient (Wildman–Crippen LogP) is 2.45. The standard InChI is InChI=1S/C28H44N6O3/c1-8-11-13-29-23(7)32-17-25-28(36)33-15-20(4)14-24(10-3)26(12-9-2)37-19-22(6)30-16-21(5)31-18-27(35)34-25/h8-13,20,22,25,30-31H,1,3,5,14-19H2,2,4,6-7H3,(H,29,32)(H,33,36)(H,34,35)/b12-9-,13-11-,26-24-/t20?,22-,25?/m0/s1. The van der Waals surface area contributed by atoms with Crippen molar-refractivity contribution in [2.24, 2.45) is 10.9 Å². The summed E-state index contributed by atoms with van der Waals surface area (Å²) >= 11 is 0.